The van der Waals surface area contributed by atoms with Crippen molar-refractivity contribution in [2.24, 2.45) is 0 Å². The second-order valence-electron chi connectivity index (χ2n) is 5.13. The first-order chi connectivity index (χ1) is 12.5. The zero-order valence-corrected chi connectivity index (χ0v) is 16.1. The lowest BCUT2D eigenvalue weighted by Gasteiger charge is -2.16. The molecule has 1 N–H and O–H groups in total. The maximum absolute atomic E-state index is 12.0. The third kappa shape index (κ3) is 4.86. The van der Waals surface area contributed by atoms with Gasteiger partial charge >= 0.3 is 0 Å². The van der Waals surface area contributed by atoms with Crippen LogP contribution < -0.4 is 24.3 Å². The fraction of sp³-hybridized carbons (Fsp3) is 0.278. The zero-order valence-electron chi connectivity index (χ0n) is 14.6. The van der Waals surface area contributed by atoms with Crippen molar-refractivity contribution in [1.29, 1.82) is 0 Å². The van der Waals surface area contributed by atoms with E-state index < -0.39 is 0 Å². The van der Waals surface area contributed by atoms with Gasteiger partial charge in [0.25, 0.3) is 5.91 Å². The molecule has 1 amide bonds. The van der Waals surface area contributed by atoms with Crippen LogP contribution >= 0.6 is 23.2 Å². The predicted molar refractivity (Wildman–Crippen MR) is 99.9 cm³/mol. The number of hydrogen-bond donors (Lipinski definition) is 1. The van der Waals surface area contributed by atoms with Crippen molar-refractivity contribution in [3.05, 3.63) is 45.9 Å². The van der Waals surface area contributed by atoms with Crippen LogP contribution in [0.15, 0.2) is 30.3 Å². The summed E-state index contributed by atoms with van der Waals surface area (Å²) < 4.78 is 21.3. The third-order valence-corrected chi connectivity index (χ3v) is 4.04. The summed E-state index contributed by atoms with van der Waals surface area (Å²) in [6, 6.07) is 8.32. The third-order valence-electron chi connectivity index (χ3n) is 3.51. The molecule has 26 heavy (non-hydrogen) atoms. The summed E-state index contributed by atoms with van der Waals surface area (Å²) in [5.41, 5.74) is 0.739. The second-order valence-corrected chi connectivity index (χ2v) is 5.98. The molecule has 0 aliphatic rings. The normalized spacial score (nSPS) is 10.2. The SMILES string of the molecule is COc1ccc(CNC(=O)COc2ccc(Cl)cc2Cl)c(OC)c1OC. The molecule has 0 aromatic heterocycles. The lowest BCUT2D eigenvalue weighted by molar-refractivity contribution is -0.123. The minimum atomic E-state index is -0.312. The minimum absolute atomic E-state index is 0.184. The molecule has 0 aliphatic carbocycles. The monoisotopic (exact) mass is 399 g/mol. The molecular weight excluding hydrogens is 381 g/mol. The Kier molecular flexibility index (Phi) is 7.24. The van der Waals surface area contributed by atoms with Crippen molar-refractivity contribution in [2.45, 2.75) is 6.54 Å². The number of amides is 1. The van der Waals surface area contributed by atoms with Crippen LogP contribution in [0.1, 0.15) is 5.56 Å². The molecule has 0 saturated carbocycles. The summed E-state index contributed by atoms with van der Waals surface area (Å²) in [6.45, 7) is 0.0526. The van der Waals surface area contributed by atoms with E-state index in [4.69, 9.17) is 42.1 Å². The van der Waals surface area contributed by atoms with Crippen LogP contribution in [0.25, 0.3) is 0 Å². The lowest BCUT2D eigenvalue weighted by Crippen LogP contribution is -2.28. The molecule has 140 valence electrons. The predicted octanol–water partition coefficient (Wildman–Crippen LogP) is 3.71. The molecule has 2 aromatic rings. The van der Waals surface area contributed by atoms with Crippen molar-refractivity contribution in [3.63, 3.8) is 0 Å². The highest BCUT2D eigenvalue weighted by Gasteiger charge is 2.16. The van der Waals surface area contributed by atoms with Gasteiger partial charge in [-0.05, 0) is 30.3 Å². The molecule has 2 rings (SSSR count). The van der Waals surface area contributed by atoms with E-state index in [0.717, 1.165) is 5.56 Å². The van der Waals surface area contributed by atoms with Crippen LogP contribution in [0.5, 0.6) is 23.0 Å². The summed E-state index contributed by atoms with van der Waals surface area (Å²) in [6.07, 6.45) is 0. The maximum Gasteiger partial charge on any atom is 0.258 e. The maximum atomic E-state index is 12.0. The molecule has 0 atom stereocenters. The summed E-state index contributed by atoms with van der Waals surface area (Å²) >= 11 is 11.8. The molecule has 0 spiro atoms. The van der Waals surface area contributed by atoms with Crippen LogP contribution in [0.4, 0.5) is 0 Å². The first-order valence-corrected chi connectivity index (χ1v) is 8.38. The second kappa shape index (κ2) is 9.40. The van der Waals surface area contributed by atoms with Crippen molar-refractivity contribution >= 4 is 29.1 Å². The molecule has 0 unspecified atom stereocenters. The Morgan fingerprint density at radius 2 is 1.65 bits per heavy atom. The van der Waals surface area contributed by atoms with E-state index in [2.05, 4.69) is 5.32 Å². The smallest absolute Gasteiger partial charge is 0.258 e. The minimum Gasteiger partial charge on any atom is -0.493 e. The Labute approximate surface area is 161 Å². The zero-order chi connectivity index (χ0) is 19.1. The number of carbonyl (C=O) groups excluding carboxylic acids is 1. The van der Waals surface area contributed by atoms with Crippen LogP contribution in [0.2, 0.25) is 10.0 Å². The fourth-order valence-electron chi connectivity index (χ4n) is 2.28. The van der Waals surface area contributed by atoms with Gasteiger partial charge in [0.05, 0.1) is 26.4 Å². The average molecular weight is 400 g/mol. The van der Waals surface area contributed by atoms with E-state index in [1.165, 1.54) is 21.3 Å². The largest absolute Gasteiger partial charge is 0.493 e. The van der Waals surface area contributed by atoms with E-state index in [1.807, 2.05) is 0 Å². The molecule has 6 nitrogen and oxygen atoms in total. The molecule has 0 radical (unpaired) electrons. The number of carbonyl (C=O) groups is 1. The number of halogens is 2. The average Bonchev–Trinajstić information content (AvgIpc) is 2.64. The van der Waals surface area contributed by atoms with Crippen LogP contribution in [-0.4, -0.2) is 33.8 Å². The molecule has 2 aromatic carbocycles. The van der Waals surface area contributed by atoms with Gasteiger partial charge in [-0.1, -0.05) is 23.2 Å². The summed E-state index contributed by atoms with van der Waals surface area (Å²) in [4.78, 5) is 12.0. The molecular formula is C18H19Cl2NO5. The standard InChI is InChI=1S/C18H19Cl2NO5/c1-23-15-6-4-11(17(24-2)18(15)25-3)9-21-16(22)10-26-14-7-5-12(19)8-13(14)20/h4-8H,9-10H2,1-3H3,(H,21,22). The number of methoxy groups -OCH3 is 3. The van der Waals surface area contributed by atoms with Gasteiger partial charge in [-0.15, -0.1) is 0 Å². The van der Waals surface area contributed by atoms with Gasteiger partial charge in [-0.2, -0.15) is 0 Å². The van der Waals surface area contributed by atoms with Gasteiger partial charge in [-0.25, -0.2) is 0 Å². The van der Waals surface area contributed by atoms with Crippen molar-refractivity contribution in [1.82, 2.24) is 5.32 Å². The number of ether oxygens (including phenoxy) is 4. The fourth-order valence-corrected chi connectivity index (χ4v) is 2.75. The van der Waals surface area contributed by atoms with E-state index in [0.29, 0.717) is 33.0 Å². The Hall–Kier alpha value is -2.31. The number of nitrogens with one attached hydrogen (secondary N) is 1. The number of benzene rings is 2. The van der Waals surface area contributed by atoms with Gasteiger partial charge < -0.3 is 24.3 Å². The highest BCUT2D eigenvalue weighted by Crippen LogP contribution is 2.39. The molecule has 0 saturated heterocycles. The summed E-state index contributed by atoms with van der Waals surface area (Å²) in [7, 11) is 4.58. The van der Waals surface area contributed by atoms with Crippen LogP contribution in [-0.2, 0) is 11.3 Å². The van der Waals surface area contributed by atoms with Crippen LogP contribution in [0, 0.1) is 0 Å². The quantitative estimate of drug-likeness (QED) is 0.732. The highest BCUT2D eigenvalue weighted by atomic mass is 35.5. The van der Waals surface area contributed by atoms with Gasteiger partial charge in [-0.3, -0.25) is 4.79 Å². The van der Waals surface area contributed by atoms with Gasteiger partial charge in [0.15, 0.2) is 18.1 Å². The van der Waals surface area contributed by atoms with Gasteiger partial charge in [0.2, 0.25) is 5.75 Å². The molecule has 0 aliphatic heterocycles. The first kappa shape index (κ1) is 20.0. The van der Waals surface area contributed by atoms with E-state index in [1.54, 1.807) is 30.3 Å². The first-order valence-electron chi connectivity index (χ1n) is 7.62. The molecule has 0 heterocycles. The molecule has 8 heteroatoms. The highest BCUT2D eigenvalue weighted by molar-refractivity contribution is 6.35. The topological polar surface area (TPSA) is 66.0 Å². The van der Waals surface area contributed by atoms with Crippen molar-refractivity contribution < 1.29 is 23.7 Å². The summed E-state index contributed by atoms with van der Waals surface area (Å²) in [5.74, 6) is 1.57. The van der Waals surface area contributed by atoms with Crippen molar-refractivity contribution in [2.75, 3.05) is 27.9 Å². The van der Waals surface area contributed by atoms with Crippen molar-refractivity contribution in [3.8, 4) is 23.0 Å². The van der Waals surface area contributed by atoms with Gasteiger partial charge in [0.1, 0.15) is 5.75 Å². The molecule has 0 fully saturated rings. The van der Waals surface area contributed by atoms with E-state index in [-0.39, 0.29) is 19.1 Å². The van der Waals surface area contributed by atoms with E-state index >= 15 is 0 Å². The summed E-state index contributed by atoms with van der Waals surface area (Å²) in [5, 5.41) is 3.59. The molecule has 0 bridgehead atoms. The van der Waals surface area contributed by atoms with E-state index in [9.17, 15) is 4.79 Å². The van der Waals surface area contributed by atoms with Crippen LogP contribution in [0.3, 0.4) is 0 Å². The Morgan fingerprint density at radius 1 is 0.962 bits per heavy atom. The Bertz CT molecular complexity index is 782. The lowest BCUT2D eigenvalue weighted by atomic mass is 10.1. The number of hydrogen-bond acceptors (Lipinski definition) is 5. The Balaban J connectivity index is 1.98. The van der Waals surface area contributed by atoms with Gasteiger partial charge in [0, 0.05) is 17.1 Å². The Morgan fingerprint density at radius 3 is 2.27 bits per heavy atom. The number of rotatable bonds is 8.